The van der Waals surface area contributed by atoms with Gasteiger partial charge in [0.15, 0.2) is 0 Å². The van der Waals surface area contributed by atoms with Crippen molar-refractivity contribution in [3.63, 3.8) is 0 Å². The summed E-state index contributed by atoms with van der Waals surface area (Å²) in [6.45, 7) is 11.4. The van der Waals surface area contributed by atoms with Crippen LogP contribution in [0.5, 0.6) is 0 Å². The van der Waals surface area contributed by atoms with Crippen LogP contribution in [-0.2, 0) is 4.74 Å². The number of hydrogen-bond donors (Lipinski definition) is 1. The van der Waals surface area contributed by atoms with E-state index in [1.807, 2.05) is 0 Å². The molecule has 1 aromatic heterocycles. The highest BCUT2D eigenvalue weighted by atomic mass is 19.1. The predicted molar refractivity (Wildman–Crippen MR) is 82.6 cm³/mol. The number of nitrogens with zero attached hydrogens (tertiary/aromatic N) is 1. The van der Waals surface area contributed by atoms with Crippen molar-refractivity contribution < 1.29 is 9.13 Å². The summed E-state index contributed by atoms with van der Waals surface area (Å²) in [5.74, 6) is -0.0254. The molecule has 118 valence electrons. The van der Waals surface area contributed by atoms with Crippen LogP contribution in [0, 0.1) is 11.7 Å². The van der Waals surface area contributed by atoms with E-state index >= 15 is 0 Å². The molecule has 1 aliphatic rings. The minimum absolute atomic E-state index is 0.0512. The van der Waals surface area contributed by atoms with Crippen LogP contribution >= 0.6 is 0 Å². The molecule has 2 unspecified atom stereocenters. The second-order valence-corrected chi connectivity index (χ2v) is 7.10. The first-order valence-corrected chi connectivity index (χ1v) is 7.80. The van der Waals surface area contributed by atoms with Crippen LogP contribution in [0.2, 0.25) is 0 Å². The number of nitrogens with one attached hydrogen (secondary N) is 1. The maximum absolute atomic E-state index is 14.2. The summed E-state index contributed by atoms with van der Waals surface area (Å²) in [5.41, 5.74) is 0.229. The number of halogens is 1. The van der Waals surface area contributed by atoms with Gasteiger partial charge in [-0.25, -0.2) is 4.39 Å². The first-order valence-electron chi connectivity index (χ1n) is 7.80. The highest BCUT2D eigenvalue weighted by Gasteiger charge is 2.49. The van der Waals surface area contributed by atoms with Crippen molar-refractivity contribution in [2.45, 2.75) is 64.7 Å². The molecule has 1 fully saturated rings. The monoisotopic (exact) mass is 294 g/mol. The molecule has 1 aliphatic heterocycles. The Morgan fingerprint density at radius 1 is 1.43 bits per heavy atom. The Morgan fingerprint density at radius 3 is 2.67 bits per heavy atom. The molecule has 3 nitrogen and oxygen atoms in total. The van der Waals surface area contributed by atoms with Crippen LogP contribution in [-0.4, -0.2) is 22.7 Å². The van der Waals surface area contributed by atoms with Gasteiger partial charge in [0.1, 0.15) is 5.82 Å². The lowest BCUT2D eigenvalue weighted by Gasteiger charge is -2.34. The minimum Gasteiger partial charge on any atom is -0.369 e. The van der Waals surface area contributed by atoms with E-state index in [4.69, 9.17) is 4.74 Å². The van der Waals surface area contributed by atoms with Crippen molar-refractivity contribution in [3.8, 4) is 0 Å². The lowest BCUT2D eigenvalue weighted by Crippen LogP contribution is -2.39. The molecule has 4 heteroatoms. The summed E-state index contributed by atoms with van der Waals surface area (Å²) in [5, 5.41) is 3.51. The lowest BCUT2D eigenvalue weighted by atomic mass is 9.79. The third kappa shape index (κ3) is 3.61. The van der Waals surface area contributed by atoms with E-state index in [2.05, 4.69) is 44.9 Å². The SMILES string of the molecule is CCCNC(c1ccncc1F)C1CC(C)(C)OC1(C)C. The molecule has 0 saturated carbocycles. The van der Waals surface area contributed by atoms with Gasteiger partial charge >= 0.3 is 0 Å². The summed E-state index contributed by atoms with van der Waals surface area (Å²) in [4.78, 5) is 3.87. The van der Waals surface area contributed by atoms with Crippen LogP contribution in [0.4, 0.5) is 4.39 Å². The van der Waals surface area contributed by atoms with E-state index in [1.165, 1.54) is 6.20 Å². The van der Waals surface area contributed by atoms with Gasteiger partial charge in [-0.05, 0) is 53.1 Å². The number of rotatable bonds is 5. The Kier molecular flexibility index (Phi) is 4.69. The number of aromatic nitrogens is 1. The average Bonchev–Trinajstić information content (AvgIpc) is 2.60. The van der Waals surface area contributed by atoms with Gasteiger partial charge in [-0.15, -0.1) is 0 Å². The molecule has 1 N–H and O–H groups in total. The van der Waals surface area contributed by atoms with Crippen LogP contribution in [0.1, 0.15) is 59.1 Å². The van der Waals surface area contributed by atoms with Crippen LogP contribution in [0.15, 0.2) is 18.5 Å². The first-order chi connectivity index (χ1) is 9.77. The molecule has 0 radical (unpaired) electrons. The number of ether oxygens (including phenoxy) is 1. The van der Waals surface area contributed by atoms with Gasteiger partial charge < -0.3 is 10.1 Å². The van der Waals surface area contributed by atoms with Gasteiger partial charge in [-0.3, -0.25) is 4.98 Å². The molecule has 2 rings (SSSR count). The zero-order valence-corrected chi connectivity index (χ0v) is 13.7. The van der Waals surface area contributed by atoms with E-state index in [-0.39, 0.29) is 29.0 Å². The summed E-state index contributed by atoms with van der Waals surface area (Å²) in [6.07, 6.45) is 4.88. The van der Waals surface area contributed by atoms with E-state index in [0.29, 0.717) is 5.56 Å². The molecule has 0 bridgehead atoms. The average molecular weight is 294 g/mol. The molecule has 0 amide bonds. The molecular weight excluding hydrogens is 267 g/mol. The fourth-order valence-electron chi connectivity index (χ4n) is 3.53. The van der Waals surface area contributed by atoms with Crippen molar-refractivity contribution in [1.82, 2.24) is 10.3 Å². The number of pyridine rings is 1. The second kappa shape index (κ2) is 6.01. The molecule has 2 atom stereocenters. The summed E-state index contributed by atoms with van der Waals surface area (Å²) in [6, 6.07) is 1.73. The Balaban J connectivity index is 2.35. The van der Waals surface area contributed by atoms with Gasteiger partial charge in [0.2, 0.25) is 0 Å². The van der Waals surface area contributed by atoms with Gasteiger partial charge in [0.25, 0.3) is 0 Å². The van der Waals surface area contributed by atoms with E-state index < -0.39 is 0 Å². The molecule has 2 heterocycles. The maximum atomic E-state index is 14.2. The highest BCUT2D eigenvalue weighted by molar-refractivity contribution is 5.21. The highest BCUT2D eigenvalue weighted by Crippen LogP contribution is 2.47. The Bertz CT molecular complexity index is 487. The molecule has 0 aromatic carbocycles. The van der Waals surface area contributed by atoms with Crippen molar-refractivity contribution in [2.24, 2.45) is 5.92 Å². The topological polar surface area (TPSA) is 34.2 Å². The Labute approximate surface area is 127 Å². The minimum atomic E-state index is -0.287. The Morgan fingerprint density at radius 2 is 2.14 bits per heavy atom. The molecule has 0 spiro atoms. The van der Waals surface area contributed by atoms with Gasteiger partial charge in [0.05, 0.1) is 17.4 Å². The molecule has 21 heavy (non-hydrogen) atoms. The van der Waals surface area contributed by atoms with Crippen molar-refractivity contribution in [2.75, 3.05) is 6.54 Å². The Hall–Kier alpha value is -1.00. The largest absolute Gasteiger partial charge is 0.369 e. The standard InChI is InChI=1S/C17H27FN2O/c1-6-8-20-15(12-7-9-19-11-14(12)18)13-10-16(2,3)21-17(13,4)5/h7,9,11,13,15,20H,6,8,10H2,1-5H3. The van der Waals surface area contributed by atoms with Gasteiger partial charge in [0, 0.05) is 23.7 Å². The predicted octanol–water partition coefficient (Wildman–Crippen LogP) is 3.86. The lowest BCUT2D eigenvalue weighted by molar-refractivity contribution is -0.0779. The maximum Gasteiger partial charge on any atom is 0.146 e. The van der Waals surface area contributed by atoms with Crippen molar-refractivity contribution in [1.29, 1.82) is 0 Å². The summed E-state index contributed by atoms with van der Waals surface area (Å²) in [7, 11) is 0. The van der Waals surface area contributed by atoms with Crippen LogP contribution in [0.25, 0.3) is 0 Å². The second-order valence-electron chi connectivity index (χ2n) is 7.10. The van der Waals surface area contributed by atoms with Gasteiger partial charge in [-0.1, -0.05) is 6.92 Å². The van der Waals surface area contributed by atoms with Gasteiger partial charge in [-0.2, -0.15) is 0 Å². The smallest absolute Gasteiger partial charge is 0.146 e. The fraction of sp³-hybridized carbons (Fsp3) is 0.706. The first kappa shape index (κ1) is 16.4. The molecule has 1 saturated heterocycles. The quantitative estimate of drug-likeness (QED) is 0.895. The van der Waals surface area contributed by atoms with Crippen molar-refractivity contribution in [3.05, 3.63) is 29.8 Å². The number of hydrogen-bond acceptors (Lipinski definition) is 3. The van der Waals surface area contributed by atoms with E-state index in [9.17, 15) is 4.39 Å². The zero-order chi connectivity index (χ0) is 15.7. The van der Waals surface area contributed by atoms with Crippen LogP contribution < -0.4 is 5.32 Å². The fourth-order valence-corrected chi connectivity index (χ4v) is 3.53. The van der Waals surface area contributed by atoms with Crippen LogP contribution in [0.3, 0.4) is 0 Å². The molecule has 1 aromatic rings. The molecule has 0 aliphatic carbocycles. The van der Waals surface area contributed by atoms with Crippen molar-refractivity contribution >= 4 is 0 Å². The zero-order valence-electron chi connectivity index (χ0n) is 13.7. The van der Waals surface area contributed by atoms with E-state index in [0.717, 1.165) is 19.4 Å². The third-order valence-corrected chi connectivity index (χ3v) is 4.30. The van der Waals surface area contributed by atoms with E-state index in [1.54, 1.807) is 12.3 Å². The summed E-state index contributed by atoms with van der Waals surface area (Å²) >= 11 is 0. The summed E-state index contributed by atoms with van der Waals surface area (Å²) < 4.78 is 20.4. The molecular formula is C17H27FN2O. The third-order valence-electron chi connectivity index (χ3n) is 4.30. The normalized spacial score (nSPS) is 25.0.